The Bertz CT molecular complexity index is 634. The SMILES string of the molecule is CCc1cnc(O)c2cccc(O[C@H]3CC[C@@H](N)CC3)c12. The molecule has 3 rings (SSSR count). The minimum atomic E-state index is 0.0679. The molecule has 0 bridgehead atoms. The average molecular weight is 286 g/mol. The van der Waals surface area contributed by atoms with E-state index in [0.717, 1.165) is 54.2 Å². The molecule has 21 heavy (non-hydrogen) atoms. The number of ether oxygens (including phenoxy) is 1. The lowest BCUT2D eigenvalue weighted by atomic mass is 9.93. The third kappa shape index (κ3) is 2.81. The van der Waals surface area contributed by atoms with Crippen molar-refractivity contribution in [2.75, 3.05) is 0 Å². The van der Waals surface area contributed by atoms with Crippen molar-refractivity contribution in [1.82, 2.24) is 4.98 Å². The van der Waals surface area contributed by atoms with Gasteiger partial charge < -0.3 is 15.6 Å². The third-order valence-corrected chi connectivity index (χ3v) is 4.32. The molecule has 4 nitrogen and oxygen atoms in total. The Morgan fingerprint density at radius 2 is 2.05 bits per heavy atom. The second-order valence-corrected chi connectivity index (χ2v) is 5.79. The van der Waals surface area contributed by atoms with Crippen LogP contribution in [0.4, 0.5) is 0 Å². The van der Waals surface area contributed by atoms with Crippen LogP contribution in [0.1, 0.15) is 38.2 Å². The van der Waals surface area contributed by atoms with Gasteiger partial charge in [0.05, 0.1) is 6.10 Å². The minimum absolute atomic E-state index is 0.0679. The Morgan fingerprint density at radius 3 is 2.76 bits per heavy atom. The van der Waals surface area contributed by atoms with Crippen molar-refractivity contribution in [2.45, 2.75) is 51.2 Å². The van der Waals surface area contributed by atoms with Gasteiger partial charge in [0.2, 0.25) is 5.88 Å². The van der Waals surface area contributed by atoms with Crippen molar-refractivity contribution in [3.05, 3.63) is 30.0 Å². The molecule has 0 radical (unpaired) electrons. The Morgan fingerprint density at radius 1 is 1.29 bits per heavy atom. The van der Waals surface area contributed by atoms with Crippen molar-refractivity contribution >= 4 is 10.8 Å². The molecule has 112 valence electrons. The summed E-state index contributed by atoms with van der Waals surface area (Å²) in [4.78, 5) is 4.06. The van der Waals surface area contributed by atoms with E-state index in [0.29, 0.717) is 6.04 Å². The predicted molar refractivity (Wildman–Crippen MR) is 83.6 cm³/mol. The number of aromatic nitrogens is 1. The molecule has 1 aromatic heterocycles. The number of nitrogens with zero attached hydrogens (tertiary/aromatic N) is 1. The lowest BCUT2D eigenvalue weighted by Gasteiger charge is -2.27. The highest BCUT2D eigenvalue weighted by Gasteiger charge is 2.21. The molecule has 1 saturated carbocycles. The first-order valence-electron chi connectivity index (χ1n) is 7.70. The van der Waals surface area contributed by atoms with Gasteiger partial charge in [0.15, 0.2) is 0 Å². The predicted octanol–water partition coefficient (Wildman–Crippen LogP) is 3.15. The first-order chi connectivity index (χ1) is 10.2. The summed E-state index contributed by atoms with van der Waals surface area (Å²) in [5, 5.41) is 11.7. The Labute approximate surface area is 124 Å². The normalized spacial score (nSPS) is 22.4. The molecule has 0 amide bonds. The van der Waals surface area contributed by atoms with Crippen LogP contribution in [0.3, 0.4) is 0 Å². The first kappa shape index (κ1) is 14.1. The van der Waals surface area contributed by atoms with Gasteiger partial charge in [-0.1, -0.05) is 13.0 Å². The van der Waals surface area contributed by atoms with Crippen molar-refractivity contribution in [1.29, 1.82) is 0 Å². The van der Waals surface area contributed by atoms with E-state index in [-0.39, 0.29) is 12.0 Å². The Kier molecular flexibility index (Phi) is 3.97. The summed E-state index contributed by atoms with van der Waals surface area (Å²) in [5.74, 6) is 0.917. The van der Waals surface area contributed by atoms with Gasteiger partial charge in [-0.2, -0.15) is 0 Å². The van der Waals surface area contributed by atoms with Crippen LogP contribution in [-0.2, 0) is 6.42 Å². The molecule has 1 heterocycles. The van der Waals surface area contributed by atoms with Crippen molar-refractivity contribution in [3.8, 4) is 11.6 Å². The molecule has 0 atom stereocenters. The molecular formula is C17H22N2O2. The molecule has 0 saturated heterocycles. The van der Waals surface area contributed by atoms with Crippen LogP contribution in [0.25, 0.3) is 10.8 Å². The fourth-order valence-corrected chi connectivity index (χ4v) is 3.07. The topological polar surface area (TPSA) is 68.4 Å². The van der Waals surface area contributed by atoms with E-state index in [1.54, 1.807) is 6.20 Å². The van der Waals surface area contributed by atoms with E-state index in [1.807, 2.05) is 18.2 Å². The van der Waals surface area contributed by atoms with E-state index in [4.69, 9.17) is 10.5 Å². The number of pyridine rings is 1. The van der Waals surface area contributed by atoms with E-state index >= 15 is 0 Å². The fourth-order valence-electron chi connectivity index (χ4n) is 3.07. The van der Waals surface area contributed by atoms with Gasteiger partial charge in [0.1, 0.15) is 5.75 Å². The number of aryl methyl sites for hydroxylation is 1. The Balaban J connectivity index is 1.96. The van der Waals surface area contributed by atoms with E-state index in [1.165, 1.54) is 0 Å². The van der Waals surface area contributed by atoms with Crippen LogP contribution < -0.4 is 10.5 Å². The molecular weight excluding hydrogens is 264 g/mol. The quantitative estimate of drug-likeness (QED) is 0.909. The van der Waals surface area contributed by atoms with Gasteiger partial charge >= 0.3 is 0 Å². The summed E-state index contributed by atoms with van der Waals surface area (Å²) in [6.45, 7) is 2.09. The van der Waals surface area contributed by atoms with Crippen LogP contribution >= 0.6 is 0 Å². The van der Waals surface area contributed by atoms with Crippen LogP contribution in [-0.4, -0.2) is 22.2 Å². The smallest absolute Gasteiger partial charge is 0.218 e. The average Bonchev–Trinajstić information content (AvgIpc) is 2.51. The maximum Gasteiger partial charge on any atom is 0.218 e. The van der Waals surface area contributed by atoms with Crippen molar-refractivity contribution < 1.29 is 9.84 Å². The molecule has 2 aromatic rings. The van der Waals surface area contributed by atoms with Gasteiger partial charge in [0.25, 0.3) is 0 Å². The minimum Gasteiger partial charge on any atom is -0.493 e. The zero-order chi connectivity index (χ0) is 14.8. The summed E-state index contributed by atoms with van der Waals surface area (Å²) >= 11 is 0. The largest absolute Gasteiger partial charge is 0.493 e. The number of hydrogen-bond acceptors (Lipinski definition) is 4. The van der Waals surface area contributed by atoms with E-state index < -0.39 is 0 Å². The molecule has 3 N–H and O–H groups in total. The second-order valence-electron chi connectivity index (χ2n) is 5.79. The molecule has 0 spiro atoms. The summed E-state index contributed by atoms with van der Waals surface area (Å²) in [6, 6.07) is 6.10. The van der Waals surface area contributed by atoms with Gasteiger partial charge in [-0.05, 0) is 49.8 Å². The van der Waals surface area contributed by atoms with Crippen LogP contribution in [0.2, 0.25) is 0 Å². The zero-order valence-electron chi connectivity index (χ0n) is 12.4. The van der Waals surface area contributed by atoms with Crippen molar-refractivity contribution in [3.63, 3.8) is 0 Å². The molecule has 1 aliphatic rings. The van der Waals surface area contributed by atoms with Gasteiger partial charge in [-0.15, -0.1) is 0 Å². The molecule has 1 aliphatic carbocycles. The molecule has 4 heteroatoms. The summed E-state index contributed by atoms with van der Waals surface area (Å²) < 4.78 is 6.22. The highest BCUT2D eigenvalue weighted by molar-refractivity contribution is 5.94. The number of aromatic hydroxyl groups is 1. The van der Waals surface area contributed by atoms with E-state index in [2.05, 4.69) is 11.9 Å². The highest BCUT2D eigenvalue weighted by Crippen LogP contribution is 2.35. The lowest BCUT2D eigenvalue weighted by molar-refractivity contribution is 0.149. The maximum atomic E-state index is 9.97. The van der Waals surface area contributed by atoms with Crippen molar-refractivity contribution in [2.24, 2.45) is 5.73 Å². The van der Waals surface area contributed by atoms with E-state index in [9.17, 15) is 5.11 Å². The van der Waals surface area contributed by atoms with Crippen LogP contribution in [0.15, 0.2) is 24.4 Å². The number of hydrogen-bond donors (Lipinski definition) is 2. The number of fused-ring (bicyclic) bond motifs is 1. The van der Waals surface area contributed by atoms with Gasteiger partial charge in [-0.3, -0.25) is 0 Å². The molecule has 1 fully saturated rings. The third-order valence-electron chi connectivity index (χ3n) is 4.32. The number of benzene rings is 1. The summed E-state index contributed by atoms with van der Waals surface area (Å²) in [5.41, 5.74) is 7.05. The monoisotopic (exact) mass is 286 g/mol. The van der Waals surface area contributed by atoms with Crippen LogP contribution in [0, 0.1) is 0 Å². The van der Waals surface area contributed by atoms with Gasteiger partial charge in [-0.25, -0.2) is 4.98 Å². The molecule has 0 unspecified atom stereocenters. The van der Waals surface area contributed by atoms with Crippen LogP contribution in [0.5, 0.6) is 11.6 Å². The standard InChI is InChI=1S/C17H22N2O2/c1-2-11-10-19-17(20)14-4-3-5-15(16(11)14)21-13-8-6-12(18)7-9-13/h3-5,10,12-13H,2,6-9,18H2,1H3,(H,19,20)/t12-,13+. The summed E-state index contributed by atoms with van der Waals surface area (Å²) in [7, 11) is 0. The lowest BCUT2D eigenvalue weighted by Crippen LogP contribution is -2.31. The second kappa shape index (κ2) is 5.90. The molecule has 1 aromatic carbocycles. The first-order valence-corrected chi connectivity index (χ1v) is 7.70. The zero-order valence-corrected chi connectivity index (χ0v) is 12.4. The van der Waals surface area contributed by atoms with Gasteiger partial charge in [0, 0.05) is 23.0 Å². The number of nitrogens with two attached hydrogens (primary N) is 1. The maximum absolute atomic E-state index is 9.97. The number of rotatable bonds is 3. The highest BCUT2D eigenvalue weighted by atomic mass is 16.5. The fraction of sp³-hybridized carbons (Fsp3) is 0.471. The Hall–Kier alpha value is -1.81. The molecule has 0 aliphatic heterocycles. The summed E-state index contributed by atoms with van der Waals surface area (Å²) in [6.07, 6.45) is 6.84.